The molecule has 0 aromatic rings. The van der Waals surface area contributed by atoms with Crippen molar-refractivity contribution >= 4 is 16.2 Å². The number of carboxylic acids is 1. The minimum absolute atomic E-state index is 0.981. The Morgan fingerprint density at radius 3 is 2.27 bits per heavy atom. The third-order valence-electron chi connectivity index (χ3n) is 1.16. The first-order valence-corrected chi connectivity index (χ1v) is 5.08. The molecule has 0 aromatic heterocycles. The van der Waals surface area contributed by atoms with Gasteiger partial charge in [-0.15, -0.1) is 0 Å². The molecule has 0 radical (unpaired) electrons. The minimum Gasteiger partial charge on any atom is -0.480 e. The number of hydrogen-bond acceptors (Lipinski definition) is 3. The summed E-state index contributed by atoms with van der Waals surface area (Å²) in [7, 11) is -4.46. The fourth-order valence-electron chi connectivity index (χ4n) is 0.502. The maximum absolute atomic E-state index is 11.6. The van der Waals surface area contributed by atoms with Crippen molar-refractivity contribution in [3.63, 3.8) is 0 Å². The number of halogens is 3. The van der Waals surface area contributed by atoms with Crippen LogP contribution in [0.2, 0.25) is 0 Å². The first kappa shape index (κ1) is 14.1. The number of nitrogens with one attached hydrogen (secondary N) is 2. The van der Waals surface area contributed by atoms with Crippen LogP contribution in [-0.2, 0) is 15.0 Å². The highest BCUT2D eigenvalue weighted by Gasteiger charge is 2.30. The van der Waals surface area contributed by atoms with Gasteiger partial charge in [0.15, 0.2) is 0 Å². The van der Waals surface area contributed by atoms with Crippen LogP contribution in [0.15, 0.2) is 0 Å². The van der Waals surface area contributed by atoms with Crippen LogP contribution >= 0.6 is 0 Å². The Bertz CT molecular complexity index is 326. The Morgan fingerprint density at radius 2 is 1.93 bits per heavy atom. The maximum atomic E-state index is 11.6. The molecule has 0 amide bonds. The molecule has 0 spiro atoms. The van der Waals surface area contributed by atoms with Crippen LogP contribution in [-0.4, -0.2) is 38.3 Å². The van der Waals surface area contributed by atoms with Gasteiger partial charge in [0.05, 0.1) is 0 Å². The third kappa shape index (κ3) is 7.11. The second-order valence-corrected chi connectivity index (χ2v) is 4.15. The normalized spacial score (nSPS) is 14.9. The predicted molar refractivity (Wildman–Crippen MR) is 43.2 cm³/mol. The zero-order valence-corrected chi connectivity index (χ0v) is 8.32. The molecule has 0 aliphatic carbocycles. The van der Waals surface area contributed by atoms with Crippen LogP contribution in [0.25, 0.3) is 0 Å². The molecule has 0 aromatic carbocycles. The first-order valence-electron chi connectivity index (χ1n) is 3.60. The molecule has 0 unspecified atom stereocenters. The van der Waals surface area contributed by atoms with E-state index in [0.717, 1.165) is 11.6 Å². The number of alkyl halides is 3. The van der Waals surface area contributed by atoms with Crippen LogP contribution in [0.1, 0.15) is 6.92 Å². The summed E-state index contributed by atoms with van der Waals surface area (Å²) in [6.45, 7) is -0.774. The van der Waals surface area contributed by atoms with Crippen molar-refractivity contribution in [3.8, 4) is 0 Å². The SMILES string of the molecule is C[C@@H](NS(=O)(=O)NCC(F)(F)F)C(=O)O. The van der Waals surface area contributed by atoms with E-state index in [9.17, 15) is 26.4 Å². The Hall–Kier alpha value is -0.870. The van der Waals surface area contributed by atoms with Crippen molar-refractivity contribution in [1.82, 2.24) is 9.44 Å². The second-order valence-electron chi connectivity index (χ2n) is 2.62. The Morgan fingerprint density at radius 1 is 1.47 bits per heavy atom. The van der Waals surface area contributed by atoms with Gasteiger partial charge in [-0.05, 0) is 6.92 Å². The molecule has 0 aliphatic rings. The second kappa shape index (κ2) is 4.77. The Balaban J connectivity index is 4.27. The molecular formula is C5H9F3N2O4S. The van der Waals surface area contributed by atoms with Gasteiger partial charge in [-0.25, -0.2) is 0 Å². The van der Waals surface area contributed by atoms with Gasteiger partial charge in [-0.1, -0.05) is 0 Å². The number of aliphatic carboxylic acids is 1. The molecule has 1 atom stereocenters. The number of carbonyl (C=O) groups is 1. The summed E-state index contributed by atoms with van der Waals surface area (Å²) in [5.41, 5.74) is 0. The van der Waals surface area contributed by atoms with E-state index in [4.69, 9.17) is 5.11 Å². The first-order chi connectivity index (χ1) is 6.53. The van der Waals surface area contributed by atoms with E-state index in [2.05, 4.69) is 0 Å². The standard InChI is InChI=1S/C5H9F3N2O4S/c1-3(4(11)12)10-15(13,14)9-2-5(6,7)8/h3,9-10H,2H2,1H3,(H,11,12)/t3-/m1/s1. The van der Waals surface area contributed by atoms with Crippen LogP contribution in [0.5, 0.6) is 0 Å². The molecule has 0 saturated heterocycles. The number of rotatable bonds is 5. The molecule has 0 bridgehead atoms. The molecule has 6 nitrogen and oxygen atoms in total. The third-order valence-corrected chi connectivity index (χ3v) is 2.35. The molecule has 10 heteroatoms. The summed E-state index contributed by atoms with van der Waals surface area (Å²) in [5, 5.41) is 8.30. The largest absolute Gasteiger partial charge is 0.480 e. The lowest BCUT2D eigenvalue weighted by molar-refractivity contribution is -0.138. The number of carboxylic acid groups (broad SMARTS) is 1. The van der Waals surface area contributed by atoms with Gasteiger partial charge in [0.1, 0.15) is 12.6 Å². The average Bonchev–Trinajstić information content (AvgIpc) is 1.99. The summed E-state index contributed by atoms with van der Waals surface area (Å²) in [5.74, 6) is -1.49. The van der Waals surface area contributed by atoms with E-state index < -0.39 is 34.9 Å². The topological polar surface area (TPSA) is 95.5 Å². The van der Waals surface area contributed by atoms with Crippen molar-refractivity contribution in [3.05, 3.63) is 0 Å². The van der Waals surface area contributed by atoms with Crippen molar-refractivity contribution in [2.75, 3.05) is 6.54 Å². The monoisotopic (exact) mass is 250 g/mol. The predicted octanol–water partition coefficient (Wildman–Crippen LogP) is -0.554. The molecule has 0 rings (SSSR count). The maximum Gasteiger partial charge on any atom is 0.402 e. The van der Waals surface area contributed by atoms with E-state index in [1.807, 2.05) is 0 Å². The highest BCUT2D eigenvalue weighted by molar-refractivity contribution is 7.87. The molecule has 0 fully saturated rings. The van der Waals surface area contributed by atoms with Crippen molar-refractivity contribution < 1.29 is 31.5 Å². The van der Waals surface area contributed by atoms with Crippen molar-refractivity contribution in [2.24, 2.45) is 0 Å². The van der Waals surface area contributed by atoms with E-state index in [1.54, 1.807) is 0 Å². The summed E-state index contributed by atoms with van der Waals surface area (Å²) in [6.07, 6.45) is -4.69. The zero-order valence-electron chi connectivity index (χ0n) is 7.50. The lowest BCUT2D eigenvalue weighted by Crippen LogP contribution is -2.47. The summed E-state index contributed by atoms with van der Waals surface area (Å²) >= 11 is 0. The molecule has 0 saturated carbocycles. The van der Waals surface area contributed by atoms with Gasteiger partial charge in [0.25, 0.3) is 10.2 Å². The molecular weight excluding hydrogens is 241 g/mol. The average molecular weight is 250 g/mol. The highest BCUT2D eigenvalue weighted by atomic mass is 32.2. The van der Waals surface area contributed by atoms with Gasteiger partial charge in [-0.3, -0.25) is 4.79 Å². The smallest absolute Gasteiger partial charge is 0.402 e. The minimum atomic E-state index is -4.69. The van der Waals surface area contributed by atoms with Crippen LogP contribution < -0.4 is 9.44 Å². The summed E-state index contributed by atoms with van der Waals surface area (Å²) in [6, 6.07) is -1.50. The van der Waals surface area contributed by atoms with E-state index in [1.165, 1.54) is 4.72 Å². The van der Waals surface area contributed by atoms with Crippen molar-refractivity contribution in [2.45, 2.75) is 19.1 Å². The van der Waals surface area contributed by atoms with Crippen LogP contribution in [0, 0.1) is 0 Å². The molecule has 0 aliphatic heterocycles. The van der Waals surface area contributed by atoms with Gasteiger partial charge in [0.2, 0.25) is 0 Å². The Kier molecular flexibility index (Phi) is 4.49. The van der Waals surface area contributed by atoms with Gasteiger partial charge in [0, 0.05) is 0 Å². The lowest BCUT2D eigenvalue weighted by Gasteiger charge is -2.12. The Labute approximate surface area is 83.6 Å². The van der Waals surface area contributed by atoms with Crippen molar-refractivity contribution in [1.29, 1.82) is 0 Å². The van der Waals surface area contributed by atoms with E-state index in [0.29, 0.717) is 0 Å². The van der Waals surface area contributed by atoms with E-state index >= 15 is 0 Å². The molecule has 15 heavy (non-hydrogen) atoms. The fraction of sp³-hybridized carbons (Fsp3) is 0.800. The lowest BCUT2D eigenvalue weighted by atomic mass is 10.4. The van der Waals surface area contributed by atoms with Gasteiger partial charge >= 0.3 is 12.1 Å². The number of hydrogen-bond donors (Lipinski definition) is 3. The molecule has 90 valence electrons. The van der Waals surface area contributed by atoms with Crippen LogP contribution in [0.3, 0.4) is 0 Å². The zero-order chi connectivity index (χ0) is 12.3. The summed E-state index contributed by atoms with van der Waals surface area (Å²) < 4.78 is 59.1. The molecule has 3 N–H and O–H groups in total. The van der Waals surface area contributed by atoms with Gasteiger partial charge in [-0.2, -0.15) is 31.0 Å². The van der Waals surface area contributed by atoms with Crippen LogP contribution in [0.4, 0.5) is 13.2 Å². The highest BCUT2D eigenvalue weighted by Crippen LogP contribution is 2.12. The van der Waals surface area contributed by atoms with Gasteiger partial charge < -0.3 is 5.11 Å². The quantitative estimate of drug-likeness (QED) is 0.609. The fourth-order valence-corrected chi connectivity index (χ4v) is 1.50. The molecule has 0 heterocycles. The summed E-state index contributed by atoms with van der Waals surface area (Å²) in [4.78, 5) is 10.2. The van der Waals surface area contributed by atoms with E-state index in [-0.39, 0.29) is 0 Å².